The molecule has 3 heteroatoms. The summed E-state index contributed by atoms with van der Waals surface area (Å²) in [4.78, 5) is 0.458. The maximum Gasteiger partial charge on any atom is 0.103 e. The van der Waals surface area contributed by atoms with E-state index < -0.39 is 0 Å². The Morgan fingerprint density at radius 1 is 0.952 bits per heavy atom. The molecule has 0 aliphatic carbocycles. The lowest BCUT2D eigenvalue weighted by Gasteiger charge is -2.07. The summed E-state index contributed by atoms with van der Waals surface area (Å²) in [7, 11) is 0. The molecule has 2 aromatic carbocycles. The summed E-state index contributed by atoms with van der Waals surface area (Å²) in [5.74, 6) is 2.64. The molecule has 0 atom stereocenters. The molecule has 110 valence electrons. The van der Waals surface area contributed by atoms with E-state index in [4.69, 9.17) is 18.0 Å². The van der Waals surface area contributed by atoms with Crippen molar-refractivity contribution >= 4 is 29.0 Å². The topological polar surface area (TPSA) is 26.0 Å². The molecule has 0 radical (unpaired) electrons. The lowest BCUT2D eigenvalue weighted by Crippen LogP contribution is -2.08. The molecule has 0 aliphatic heterocycles. The van der Waals surface area contributed by atoms with Crippen molar-refractivity contribution in [1.29, 1.82) is 0 Å². The Kier molecular flexibility index (Phi) is 5.83. The largest absolute Gasteiger partial charge is 0.389 e. The van der Waals surface area contributed by atoms with Crippen molar-refractivity contribution in [2.45, 2.75) is 31.3 Å². The number of hydrogen-bond donors (Lipinski definition) is 1. The summed E-state index contributed by atoms with van der Waals surface area (Å²) < 4.78 is 0. The summed E-state index contributed by atoms with van der Waals surface area (Å²) in [6.07, 6.45) is 0. The molecule has 1 nitrogen and oxygen atoms in total. The molecule has 0 aliphatic rings. The number of thiocarbonyl (C=S) groups is 1. The minimum absolute atomic E-state index is 0.458. The summed E-state index contributed by atoms with van der Waals surface area (Å²) in [6, 6.07) is 17.1. The van der Waals surface area contributed by atoms with E-state index >= 15 is 0 Å². The van der Waals surface area contributed by atoms with Crippen LogP contribution in [0.3, 0.4) is 0 Å². The smallest absolute Gasteiger partial charge is 0.103 e. The first-order valence-corrected chi connectivity index (χ1v) is 8.68. The van der Waals surface area contributed by atoms with Gasteiger partial charge in [0.2, 0.25) is 0 Å². The van der Waals surface area contributed by atoms with Gasteiger partial charge in [-0.05, 0) is 22.6 Å². The van der Waals surface area contributed by atoms with Crippen LogP contribution in [0, 0.1) is 0 Å². The van der Waals surface area contributed by atoms with Crippen molar-refractivity contribution in [1.82, 2.24) is 0 Å². The highest BCUT2D eigenvalue weighted by atomic mass is 32.2. The van der Waals surface area contributed by atoms with E-state index in [9.17, 15) is 0 Å². The van der Waals surface area contributed by atoms with Gasteiger partial charge >= 0.3 is 0 Å². The number of thioether (sulfide) groups is 1. The van der Waals surface area contributed by atoms with Crippen LogP contribution in [0.2, 0.25) is 0 Å². The molecule has 21 heavy (non-hydrogen) atoms. The Morgan fingerprint density at radius 3 is 1.86 bits per heavy atom. The second-order valence-electron chi connectivity index (χ2n) is 5.45. The first-order chi connectivity index (χ1) is 10.1. The Bertz CT molecular complexity index is 586. The fourth-order valence-corrected chi connectivity index (χ4v) is 3.15. The lowest BCUT2D eigenvalue weighted by molar-refractivity contribution is 0.866. The van der Waals surface area contributed by atoms with Gasteiger partial charge in [-0.1, -0.05) is 74.6 Å². The zero-order valence-corrected chi connectivity index (χ0v) is 14.1. The van der Waals surface area contributed by atoms with Crippen molar-refractivity contribution in [3.63, 3.8) is 0 Å². The minimum atomic E-state index is 0.458. The van der Waals surface area contributed by atoms with Crippen LogP contribution in [0.15, 0.2) is 48.5 Å². The Labute approximate surface area is 136 Å². The number of rotatable bonds is 6. The third-order valence-corrected chi connectivity index (χ3v) is 4.73. The van der Waals surface area contributed by atoms with Gasteiger partial charge in [0.05, 0.1) is 0 Å². The minimum Gasteiger partial charge on any atom is -0.389 e. The van der Waals surface area contributed by atoms with Crippen LogP contribution in [0.25, 0.3) is 0 Å². The SMILES string of the molecule is CC(C)c1ccc(CSCc2ccc(C(N)=S)cc2)cc1. The summed E-state index contributed by atoms with van der Waals surface area (Å²) >= 11 is 6.88. The average Bonchev–Trinajstić information content (AvgIpc) is 2.48. The predicted molar refractivity (Wildman–Crippen MR) is 97.9 cm³/mol. The standard InChI is InChI=1S/C18H21NS2/c1-13(2)16-7-3-14(4-8-16)11-21-12-15-5-9-17(10-6-15)18(19)20/h3-10,13H,11-12H2,1-2H3,(H2,19,20). The van der Waals surface area contributed by atoms with Crippen LogP contribution in [0.1, 0.15) is 42.0 Å². The van der Waals surface area contributed by atoms with Crippen LogP contribution in [0.5, 0.6) is 0 Å². The van der Waals surface area contributed by atoms with Gasteiger partial charge in [0, 0.05) is 17.1 Å². The van der Waals surface area contributed by atoms with Gasteiger partial charge < -0.3 is 5.73 Å². The van der Waals surface area contributed by atoms with E-state index in [0.29, 0.717) is 10.9 Å². The molecule has 0 bridgehead atoms. The summed E-state index contributed by atoms with van der Waals surface area (Å²) in [5.41, 5.74) is 10.6. The zero-order valence-electron chi connectivity index (χ0n) is 12.5. The fraction of sp³-hybridized carbons (Fsp3) is 0.278. The zero-order chi connectivity index (χ0) is 15.2. The quantitative estimate of drug-likeness (QED) is 0.770. The number of nitrogens with two attached hydrogens (primary N) is 1. The maximum absolute atomic E-state index is 5.60. The molecular formula is C18H21NS2. The van der Waals surface area contributed by atoms with Gasteiger partial charge in [0.15, 0.2) is 0 Å². The van der Waals surface area contributed by atoms with Crippen molar-refractivity contribution in [3.05, 3.63) is 70.8 Å². The van der Waals surface area contributed by atoms with Gasteiger partial charge in [-0.3, -0.25) is 0 Å². The van der Waals surface area contributed by atoms with Gasteiger partial charge in [0.1, 0.15) is 4.99 Å². The Morgan fingerprint density at radius 2 is 1.43 bits per heavy atom. The van der Waals surface area contributed by atoms with E-state index in [-0.39, 0.29) is 0 Å². The highest BCUT2D eigenvalue weighted by Gasteiger charge is 2.01. The van der Waals surface area contributed by atoms with E-state index in [1.165, 1.54) is 16.7 Å². The van der Waals surface area contributed by atoms with Crippen LogP contribution in [-0.2, 0) is 11.5 Å². The van der Waals surface area contributed by atoms with Gasteiger partial charge in [-0.2, -0.15) is 11.8 Å². The number of hydrogen-bond acceptors (Lipinski definition) is 2. The van der Waals surface area contributed by atoms with Crippen LogP contribution in [0.4, 0.5) is 0 Å². The van der Waals surface area contributed by atoms with E-state index in [0.717, 1.165) is 17.1 Å². The molecule has 0 heterocycles. The van der Waals surface area contributed by atoms with Gasteiger partial charge in [-0.25, -0.2) is 0 Å². The Hall–Kier alpha value is -1.32. The molecule has 0 saturated heterocycles. The van der Waals surface area contributed by atoms with Gasteiger partial charge in [0.25, 0.3) is 0 Å². The molecule has 2 aromatic rings. The van der Waals surface area contributed by atoms with Crippen LogP contribution >= 0.6 is 24.0 Å². The average molecular weight is 316 g/mol. The molecule has 2 rings (SSSR count). The van der Waals surface area contributed by atoms with Crippen LogP contribution in [-0.4, -0.2) is 4.99 Å². The van der Waals surface area contributed by atoms with Crippen molar-refractivity contribution in [2.75, 3.05) is 0 Å². The molecule has 2 N–H and O–H groups in total. The van der Waals surface area contributed by atoms with Crippen molar-refractivity contribution in [3.8, 4) is 0 Å². The van der Waals surface area contributed by atoms with Crippen molar-refractivity contribution < 1.29 is 0 Å². The molecule has 0 fully saturated rings. The highest BCUT2D eigenvalue weighted by molar-refractivity contribution is 7.97. The predicted octanol–water partition coefficient (Wildman–Crippen LogP) is 4.88. The number of benzene rings is 2. The summed E-state index contributed by atoms with van der Waals surface area (Å²) in [6.45, 7) is 4.45. The molecular weight excluding hydrogens is 294 g/mol. The summed E-state index contributed by atoms with van der Waals surface area (Å²) in [5, 5.41) is 0. The third kappa shape index (κ3) is 4.87. The third-order valence-electron chi connectivity index (χ3n) is 3.42. The van der Waals surface area contributed by atoms with E-state index in [2.05, 4.69) is 50.2 Å². The molecule has 0 unspecified atom stereocenters. The fourth-order valence-electron chi connectivity index (χ4n) is 2.05. The second-order valence-corrected chi connectivity index (χ2v) is 6.88. The van der Waals surface area contributed by atoms with Crippen LogP contribution < -0.4 is 5.73 Å². The van der Waals surface area contributed by atoms with Gasteiger partial charge in [-0.15, -0.1) is 0 Å². The molecule has 0 amide bonds. The lowest BCUT2D eigenvalue weighted by atomic mass is 10.0. The monoisotopic (exact) mass is 315 g/mol. The normalized spacial score (nSPS) is 10.8. The van der Waals surface area contributed by atoms with Crippen molar-refractivity contribution in [2.24, 2.45) is 5.73 Å². The second kappa shape index (κ2) is 7.62. The molecule has 0 saturated carbocycles. The first kappa shape index (κ1) is 16.1. The van der Waals surface area contributed by atoms with E-state index in [1.807, 2.05) is 23.9 Å². The van der Waals surface area contributed by atoms with E-state index in [1.54, 1.807) is 0 Å². The first-order valence-electron chi connectivity index (χ1n) is 7.11. The maximum atomic E-state index is 5.60. The molecule has 0 spiro atoms. The highest BCUT2D eigenvalue weighted by Crippen LogP contribution is 2.20. The Balaban J connectivity index is 1.85. The molecule has 0 aromatic heterocycles.